The molecule has 1 saturated heterocycles. The number of anilines is 1. The van der Waals surface area contributed by atoms with Crippen LogP contribution in [0.2, 0.25) is 0 Å². The van der Waals surface area contributed by atoms with Gasteiger partial charge in [-0.25, -0.2) is 4.98 Å². The fraction of sp³-hybridized carbons (Fsp3) is 0.526. The first kappa shape index (κ1) is 15.1. The molecule has 1 saturated carbocycles. The van der Waals surface area contributed by atoms with E-state index in [-0.39, 0.29) is 0 Å². The highest BCUT2D eigenvalue weighted by Gasteiger charge is 2.30. The molecule has 1 aliphatic heterocycles. The lowest BCUT2D eigenvalue weighted by Gasteiger charge is -2.38. The number of fused-ring (bicyclic) bond motifs is 3. The van der Waals surface area contributed by atoms with Gasteiger partial charge >= 0.3 is 0 Å². The Bertz CT molecular complexity index is 874. The molecule has 6 nitrogen and oxygen atoms in total. The summed E-state index contributed by atoms with van der Waals surface area (Å²) < 4.78 is 2.07. The van der Waals surface area contributed by atoms with E-state index in [0.29, 0.717) is 0 Å². The molecule has 0 spiro atoms. The lowest BCUT2D eigenvalue weighted by Crippen LogP contribution is -3.18. The number of aromatic nitrogens is 4. The maximum absolute atomic E-state index is 4.93. The lowest BCUT2D eigenvalue weighted by molar-refractivity contribution is -0.927. The molecule has 0 bridgehead atoms. The largest absolute Gasteiger partial charge is 0.342 e. The van der Waals surface area contributed by atoms with Gasteiger partial charge in [-0.3, -0.25) is 4.40 Å². The highest BCUT2D eigenvalue weighted by atomic mass is 15.3. The number of quaternary nitrogens is 1. The summed E-state index contributed by atoms with van der Waals surface area (Å²) in [4.78, 5) is 9.14. The van der Waals surface area contributed by atoms with E-state index in [4.69, 9.17) is 4.98 Å². The van der Waals surface area contributed by atoms with Crippen LogP contribution in [0, 0.1) is 0 Å². The zero-order valence-electron chi connectivity index (χ0n) is 14.6. The van der Waals surface area contributed by atoms with Crippen molar-refractivity contribution in [2.75, 3.05) is 31.1 Å². The highest BCUT2D eigenvalue weighted by Crippen LogP contribution is 2.23. The van der Waals surface area contributed by atoms with Gasteiger partial charge in [-0.2, -0.15) is 0 Å². The minimum Gasteiger partial charge on any atom is -0.342 e. The van der Waals surface area contributed by atoms with Gasteiger partial charge in [0, 0.05) is 0 Å². The number of hydrogen-bond acceptors (Lipinski definition) is 4. The molecular formula is C19H25N6+. The van der Waals surface area contributed by atoms with Crippen LogP contribution in [0.3, 0.4) is 0 Å². The van der Waals surface area contributed by atoms with Crippen LogP contribution in [0.15, 0.2) is 30.6 Å². The molecule has 2 aromatic heterocycles. The second-order valence-electron chi connectivity index (χ2n) is 7.43. The summed E-state index contributed by atoms with van der Waals surface area (Å²) in [5.74, 6) is 0.985. The molecule has 3 heterocycles. The van der Waals surface area contributed by atoms with Crippen molar-refractivity contribution < 1.29 is 4.90 Å². The van der Waals surface area contributed by atoms with Gasteiger partial charge in [0.15, 0.2) is 5.82 Å². The molecule has 1 N–H and O–H groups in total. The Morgan fingerprint density at radius 2 is 1.80 bits per heavy atom. The van der Waals surface area contributed by atoms with E-state index in [9.17, 15) is 0 Å². The third-order valence-electron chi connectivity index (χ3n) is 6.00. The third-order valence-corrected chi connectivity index (χ3v) is 6.00. The molecule has 0 unspecified atom stereocenters. The summed E-state index contributed by atoms with van der Waals surface area (Å²) >= 11 is 0. The fourth-order valence-corrected chi connectivity index (χ4v) is 4.63. The highest BCUT2D eigenvalue weighted by molar-refractivity contribution is 5.82. The lowest BCUT2D eigenvalue weighted by atomic mass is 9.94. The number of hydrogen-bond donors (Lipinski definition) is 1. The quantitative estimate of drug-likeness (QED) is 0.766. The van der Waals surface area contributed by atoms with Crippen molar-refractivity contribution in [3.63, 3.8) is 0 Å². The first-order valence-corrected chi connectivity index (χ1v) is 9.58. The molecule has 2 aliphatic rings. The van der Waals surface area contributed by atoms with Gasteiger partial charge in [-0.1, -0.05) is 18.6 Å². The molecule has 0 radical (unpaired) electrons. The van der Waals surface area contributed by atoms with Crippen LogP contribution >= 0.6 is 0 Å². The molecule has 5 rings (SSSR count). The van der Waals surface area contributed by atoms with Crippen molar-refractivity contribution in [3.8, 4) is 0 Å². The second-order valence-corrected chi connectivity index (χ2v) is 7.43. The van der Waals surface area contributed by atoms with Crippen LogP contribution in [0.1, 0.15) is 32.1 Å². The van der Waals surface area contributed by atoms with Crippen LogP contribution in [0.4, 0.5) is 5.82 Å². The van der Waals surface area contributed by atoms with E-state index in [1.165, 1.54) is 45.2 Å². The van der Waals surface area contributed by atoms with Crippen LogP contribution in [-0.2, 0) is 0 Å². The Morgan fingerprint density at radius 3 is 2.64 bits per heavy atom. The SMILES string of the molecule is c1ccc2c(c1)nc(N1CC[NH+](C3CCCCC3)CC1)c1nncn12. The third kappa shape index (κ3) is 2.65. The number of rotatable bonds is 2. The molecule has 1 aliphatic carbocycles. The van der Waals surface area contributed by atoms with E-state index >= 15 is 0 Å². The van der Waals surface area contributed by atoms with Gasteiger partial charge in [0.1, 0.15) is 6.33 Å². The zero-order chi connectivity index (χ0) is 16.6. The number of benzene rings is 1. The Morgan fingerprint density at radius 1 is 1.00 bits per heavy atom. The number of piperazine rings is 1. The summed E-state index contributed by atoms with van der Waals surface area (Å²) in [5.41, 5.74) is 2.95. The van der Waals surface area contributed by atoms with Gasteiger partial charge in [0.05, 0.1) is 43.3 Å². The van der Waals surface area contributed by atoms with Crippen molar-refractivity contribution in [1.29, 1.82) is 0 Å². The van der Waals surface area contributed by atoms with E-state index in [1.807, 2.05) is 12.1 Å². The van der Waals surface area contributed by atoms with Gasteiger partial charge < -0.3 is 9.80 Å². The predicted octanol–water partition coefficient (Wildman–Crippen LogP) is 1.32. The van der Waals surface area contributed by atoms with Crippen LogP contribution in [0.5, 0.6) is 0 Å². The van der Waals surface area contributed by atoms with Gasteiger partial charge in [-0.15, -0.1) is 10.2 Å². The van der Waals surface area contributed by atoms with Gasteiger partial charge in [-0.05, 0) is 37.8 Å². The van der Waals surface area contributed by atoms with Crippen LogP contribution in [0.25, 0.3) is 16.7 Å². The molecule has 3 aromatic rings. The molecule has 25 heavy (non-hydrogen) atoms. The summed E-state index contributed by atoms with van der Waals surface area (Å²) in [6.07, 6.45) is 8.90. The smallest absolute Gasteiger partial charge is 0.204 e. The Balaban J connectivity index is 1.42. The molecule has 6 heteroatoms. The van der Waals surface area contributed by atoms with Crippen molar-refractivity contribution in [2.45, 2.75) is 38.1 Å². The van der Waals surface area contributed by atoms with Gasteiger partial charge in [0.2, 0.25) is 5.65 Å². The van der Waals surface area contributed by atoms with Crippen molar-refractivity contribution in [3.05, 3.63) is 30.6 Å². The first-order chi connectivity index (χ1) is 12.4. The molecule has 2 fully saturated rings. The summed E-state index contributed by atoms with van der Waals surface area (Å²) in [7, 11) is 0. The Hall–Kier alpha value is -2.21. The molecule has 1 aromatic carbocycles. The molecular weight excluding hydrogens is 312 g/mol. The average molecular weight is 337 g/mol. The van der Waals surface area contributed by atoms with E-state index in [1.54, 1.807) is 11.2 Å². The van der Waals surface area contributed by atoms with Crippen molar-refractivity contribution >= 4 is 22.5 Å². The maximum Gasteiger partial charge on any atom is 0.204 e. The standard InChI is InChI=1S/C19H24N6/c1-2-6-15(7-3-1)23-10-12-24(13-11-23)18-19-22-20-14-25(19)17-9-5-4-8-16(17)21-18/h4-5,8-9,14-15H,1-3,6-7,10-13H2/p+1. The van der Waals surface area contributed by atoms with E-state index in [2.05, 4.69) is 31.6 Å². The van der Waals surface area contributed by atoms with Crippen molar-refractivity contribution in [1.82, 2.24) is 19.6 Å². The molecule has 130 valence electrons. The first-order valence-electron chi connectivity index (χ1n) is 9.58. The average Bonchev–Trinajstić information content (AvgIpc) is 3.18. The van der Waals surface area contributed by atoms with Crippen molar-refractivity contribution in [2.24, 2.45) is 0 Å². The zero-order valence-corrected chi connectivity index (χ0v) is 14.6. The number of para-hydroxylation sites is 2. The monoisotopic (exact) mass is 337 g/mol. The normalized spacial score (nSPS) is 20.6. The minimum absolute atomic E-state index is 0.875. The summed E-state index contributed by atoms with van der Waals surface area (Å²) in [5, 5.41) is 8.49. The number of nitrogens with one attached hydrogen (secondary N) is 1. The number of nitrogens with zero attached hydrogens (tertiary/aromatic N) is 5. The van der Waals surface area contributed by atoms with Crippen LogP contribution in [-0.4, -0.2) is 51.8 Å². The van der Waals surface area contributed by atoms with E-state index < -0.39 is 0 Å². The topological polar surface area (TPSA) is 50.8 Å². The Kier molecular flexibility index (Phi) is 3.77. The van der Waals surface area contributed by atoms with E-state index in [0.717, 1.165) is 41.6 Å². The molecule has 0 atom stereocenters. The van der Waals surface area contributed by atoms with Crippen LogP contribution < -0.4 is 9.80 Å². The molecule has 0 amide bonds. The summed E-state index contributed by atoms with van der Waals surface area (Å²) in [6.45, 7) is 4.53. The maximum atomic E-state index is 4.93. The summed E-state index contributed by atoms with van der Waals surface area (Å²) in [6, 6.07) is 9.11. The minimum atomic E-state index is 0.875. The predicted molar refractivity (Wildman–Crippen MR) is 98.1 cm³/mol. The fourth-order valence-electron chi connectivity index (χ4n) is 4.63. The van der Waals surface area contributed by atoms with Gasteiger partial charge in [0.25, 0.3) is 0 Å². The second kappa shape index (κ2) is 6.26. The Labute approximate surface area is 147 Å².